The number of alkyl halides is 5. The number of halogens is 7. The van der Waals surface area contributed by atoms with E-state index in [4.69, 9.17) is 9.84 Å². The molecule has 10 heteroatoms. The van der Waals surface area contributed by atoms with Crippen LogP contribution < -0.4 is 4.74 Å². The van der Waals surface area contributed by atoms with Crippen LogP contribution in [0.2, 0.25) is 0 Å². The van der Waals surface area contributed by atoms with E-state index >= 15 is 0 Å². The molecule has 0 spiro atoms. The quantitative estimate of drug-likeness (QED) is 0.504. The number of benzene rings is 2. The number of carboxylic acid groups (broad SMARTS) is 1. The summed E-state index contributed by atoms with van der Waals surface area (Å²) in [6, 6.07) is 4.06. The van der Waals surface area contributed by atoms with Crippen molar-refractivity contribution < 1.29 is 45.4 Å². The second kappa shape index (κ2) is 8.52. The molecule has 2 aromatic rings. The highest BCUT2D eigenvalue weighted by Gasteiger charge is 2.58. The molecule has 0 saturated heterocycles. The van der Waals surface area contributed by atoms with Crippen LogP contribution in [0.4, 0.5) is 30.7 Å². The summed E-state index contributed by atoms with van der Waals surface area (Å²) in [6.45, 7) is 0. The molecule has 3 rings (SSSR count). The highest BCUT2D eigenvalue weighted by Crippen LogP contribution is 2.45. The molecule has 0 radical (unpaired) electrons. The minimum atomic E-state index is -5.88. The van der Waals surface area contributed by atoms with Crippen molar-refractivity contribution in [1.82, 2.24) is 0 Å². The summed E-state index contributed by atoms with van der Waals surface area (Å²) in [7, 11) is 0. The molecule has 0 aliphatic heterocycles. The molecule has 0 aromatic heterocycles. The van der Waals surface area contributed by atoms with Crippen molar-refractivity contribution in [3.63, 3.8) is 0 Å². The van der Waals surface area contributed by atoms with Crippen molar-refractivity contribution in [2.75, 3.05) is 0 Å². The van der Waals surface area contributed by atoms with Crippen molar-refractivity contribution >= 4 is 12.0 Å². The number of carbonyl (C=O) groups is 1. The molecule has 0 bridgehead atoms. The normalized spacial score (nSPS) is 15.6. The van der Waals surface area contributed by atoms with Gasteiger partial charge in [-0.1, -0.05) is 24.3 Å². The first-order valence-electron chi connectivity index (χ1n) is 8.92. The van der Waals surface area contributed by atoms with E-state index in [0.29, 0.717) is 23.8 Å². The predicted molar refractivity (Wildman–Crippen MR) is 100 cm³/mol. The second-order valence-corrected chi connectivity index (χ2v) is 6.72. The largest absolute Gasteiger partial charge is 0.478 e. The first-order valence-corrected chi connectivity index (χ1v) is 8.92. The lowest BCUT2D eigenvalue weighted by Crippen LogP contribution is -2.33. The van der Waals surface area contributed by atoms with E-state index in [9.17, 15) is 35.5 Å². The standard InChI is InChI=1S/C22H13F7O3/c23-16-7-8-18(17(24)11-16)32-19-10-15(21(25,26)22(27,28)29)6-5-14(19)9-12-1-3-13(4-2-12)20(30)31/h1,3-11H,2H2,(H,30,31). The van der Waals surface area contributed by atoms with E-state index < -0.39 is 46.8 Å². The average Bonchev–Trinajstić information content (AvgIpc) is 2.70. The van der Waals surface area contributed by atoms with E-state index in [-0.39, 0.29) is 17.6 Å². The Bertz CT molecular complexity index is 1140. The second-order valence-electron chi connectivity index (χ2n) is 6.72. The number of hydrogen-bond donors (Lipinski definition) is 1. The minimum absolute atomic E-state index is 0.0160. The van der Waals surface area contributed by atoms with E-state index in [2.05, 4.69) is 0 Å². The highest BCUT2D eigenvalue weighted by molar-refractivity contribution is 5.90. The summed E-state index contributed by atoms with van der Waals surface area (Å²) >= 11 is 0. The van der Waals surface area contributed by atoms with Crippen molar-refractivity contribution in [2.45, 2.75) is 18.5 Å². The van der Waals surface area contributed by atoms with Gasteiger partial charge in [0.25, 0.3) is 0 Å². The van der Waals surface area contributed by atoms with Crippen molar-refractivity contribution in [3.05, 3.63) is 88.5 Å². The monoisotopic (exact) mass is 458 g/mol. The summed E-state index contributed by atoms with van der Waals surface area (Å²) in [6.07, 6.45) is -0.315. The zero-order chi connectivity index (χ0) is 23.7. The van der Waals surface area contributed by atoms with Crippen LogP contribution in [0.3, 0.4) is 0 Å². The maximum absolute atomic E-state index is 14.0. The van der Waals surface area contributed by atoms with Crippen molar-refractivity contribution in [2.24, 2.45) is 0 Å². The number of aliphatic carboxylic acids is 1. The number of rotatable bonds is 5. The van der Waals surface area contributed by atoms with Gasteiger partial charge in [0.1, 0.15) is 11.6 Å². The zero-order valence-electron chi connectivity index (χ0n) is 15.9. The van der Waals surface area contributed by atoms with Crippen molar-refractivity contribution in [3.8, 4) is 11.5 Å². The van der Waals surface area contributed by atoms with Gasteiger partial charge in [0, 0.05) is 17.2 Å². The molecule has 0 atom stereocenters. The van der Waals surface area contributed by atoms with Crippen LogP contribution in [0.5, 0.6) is 11.5 Å². The number of allylic oxidation sites excluding steroid dienone is 3. The van der Waals surface area contributed by atoms with E-state index in [1.165, 1.54) is 24.3 Å². The van der Waals surface area contributed by atoms with Crippen molar-refractivity contribution in [1.29, 1.82) is 0 Å². The molecule has 3 nitrogen and oxygen atoms in total. The number of hydrogen-bond acceptors (Lipinski definition) is 2. The molecule has 168 valence electrons. The first-order chi connectivity index (χ1) is 14.9. The molecule has 0 heterocycles. The van der Waals surface area contributed by atoms with Gasteiger partial charge in [0.05, 0.1) is 5.57 Å². The summed E-state index contributed by atoms with van der Waals surface area (Å²) in [4.78, 5) is 11.0. The molecular weight excluding hydrogens is 445 g/mol. The Hall–Kier alpha value is -3.56. The molecule has 0 amide bonds. The van der Waals surface area contributed by atoms with Crippen LogP contribution in [0.25, 0.3) is 6.08 Å². The van der Waals surface area contributed by atoms with Crippen LogP contribution >= 0.6 is 0 Å². The van der Waals surface area contributed by atoms with Gasteiger partial charge in [-0.2, -0.15) is 22.0 Å². The van der Waals surface area contributed by atoms with E-state index in [1.807, 2.05) is 0 Å². The fourth-order valence-electron chi connectivity index (χ4n) is 2.80. The summed E-state index contributed by atoms with van der Waals surface area (Å²) in [5, 5.41) is 8.96. The Morgan fingerprint density at radius 2 is 1.69 bits per heavy atom. The summed E-state index contributed by atoms with van der Waals surface area (Å²) in [5.41, 5.74) is -0.916. The Balaban J connectivity index is 2.06. The number of carboxylic acids is 1. The van der Waals surface area contributed by atoms with E-state index in [0.717, 1.165) is 18.2 Å². The molecule has 1 aliphatic rings. The Morgan fingerprint density at radius 3 is 2.25 bits per heavy atom. The Kier molecular flexibility index (Phi) is 6.16. The SMILES string of the molecule is O=C(O)C1=CCC(=Cc2ccc(C(F)(F)C(F)(F)F)cc2Oc2ccc(F)cc2F)C=C1. The fraction of sp³-hybridized carbons (Fsp3) is 0.136. The maximum atomic E-state index is 14.0. The van der Waals surface area contributed by atoms with Gasteiger partial charge in [0.15, 0.2) is 11.6 Å². The molecule has 0 fully saturated rings. The zero-order valence-corrected chi connectivity index (χ0v) is 15.9. The molecule has 0 unspecified atom stereocenters. The average molecular weight is 458 g/mol. The van der Waals surface area contributed by atoms with Gasteiger partial charge in [0.2, 0.25) is 0 Å². The van der Waals surface area contributed by atoms with Gasteiger partial charge in [-0.15, -0.1) is 0 Å². The van der Waals surface area contributed by atoms with Gasteiger partial charge >= 0.3 is 18.1 Å². The van der Waals surface area contributed by atoms with Gasteiger partial charge < -0.3 is 9.84 Å². The molecule has 2 aromatic carbocycles. The third kappa shape index (κ3) is 4.84. The summed E-state index contributed by atoms with van der Waals surface area (Å²) < 4.78 is 98.4. The van der Waals surface area contributed by atoms with Crippen LogP contribution in [0.15, 0.2) is 65.8 Å². The summed E-state index contributed by atoms with van der Waals surface area (Å²) in [5.74, 6) is -9.63. The Morgan fingerprint density at radius 1 is 0.969 bits per heavy atom. The molecule has 1 N–H and O–H groups in total. The highest BCUT2D eigenvalue weighted by atomic mass is 19.4. The molecule has 1 aliphatic carbocycles. The Labute approximate surface area is 176 Å². The predicted octanol–water partition coefficient (Wildman–Crippen LogP) is 6.77. The minimum Gasteiger partial charge on any atom is -0.478 e. The third-order valence-electron chi connectivity index (χ3n) is 4.47. The van der Waals surface area contributed by atoms with Crippen LogP contribution in [0.1, 0.15) is 17.5 Å². The van der Waals surface area contributed by atoms with E-state index in [1.54, 1.807) is 0 Å². The lowest BCUT2D eigenvalue weighted by molar-refractivity contribution is -0.289. The van der Waals surface area contributed by atoms with Gasteiger partial charge in [-0.25, -0.2) is 13.6 Å². The lowest BCUT2D eigenvalue weighted by Gasteiger charge is -2.21. The fourth-order valence-corrected chi connectivity index (χ4v) is 2.80. The first kappa shape index (κ1) is 23.1. The van der Waals surface area contributed by atoms with Crippen LogP contribution in [-0.4, -0.2) is 17.3 Å². The third-order valence-corrected chi connectivity index (χ3v) is 4.47. The lowest BCUT2D eigenvalue weighted by atomic mass is 9.98. The smallest absolute Gasteiger partial charge is 0.458 e. The molecular formula is C22H13F7O3. The molecule has 32 heavy (non-hydrogen) atoms. The van der Waals surface area contributed by atoms with Gasteiger partial charge in [-0.3, -0.25) is 0 Å². The van der Waals surface area contributed by atoms with Crippen LogP contribution in [-0.2, 0) is 10.7 Å². The van der Waals surface area contributed by atoms with Gasteiger partial charge in [-0.05, 0) is 42.3 Å². The topological polar surface area (TPSA) is 46.5 Å². The maximum Gasteiger partial charge on any atom is 0.458 e. The van der Waals surface area contributed by atoms with Crippen LogP contribution in [0, 0.1) is 11.6 Å². The number of ether oxygens (including phenoxy) is 1. The molecule has 0 saturated carbocycles.